The van der Waals surface area contributed by atoms with E-state index in [4.69, 9.17) is 0 Å². The fraction of sp³-hybridized carbons (Fsp3) is 0.625. The Morgan fingerprint density at radius 1 is 0.829 bits per heavy atom. The molecule has 0 amide bonds. The van der Waals surface area contributed by atoms with E-state index in [2.05, 4.69) is 106 Å². The largest absolute Gasteiger partial charge is 0.309 e. The second kappa shape index (κ2) is 14.7. The highest BCUT2D eigenvalue weighted by molar-refractivity contribution is 7.99. The third-order valence-corrected chi connectivity index (χ3v) is 10.3. The fourth-order valence-electron chi connectivity index (χ4n) is 5.44. The van der Waals surface area contributed by atoms with Crippen LogP contribution in [0.5, 0.6) is 0 Å². The molecular weight excluding hydrogens is 462 g/mol. The Morgan fingerprint density at radius 2 is 1.46 bits per heavy atom. The minimum atomic E-state index is 0.213. The molecule has 0 aliphatic carbocycles. The molecule has 35 heavy (non-hydrogen) atoms. The van der Waals surface area contributed by atoms with Crippen molar-refractivity contribution in [3.63, 3.8) is 0 Å². The molecule has 1 nitrogen and oxygen atoms in total. The molecule has 0 saturated heterocycles. The van der Waals surface area contributed by atoms with Gasteiger partial charge in [-0.3, -0.25) is 0 Å². The Labute approximate surface area is 225 Å². The maximum atomic E-state index is 2.52. The van der Waals surface area contributed by atoms with Crippen LogP contribution in [0.25, 0.3) is 0 Å². The molecule has 2 unspecified atom stereocenters. The van der Waals surface area contributed by atoms with E-state index in [1.54, 1.807) is 5.56 Å². The highest BCUT2D eigenvalue weighted by Gasteiger charge is 2.40. The molecule has 0 radical (unpaired) electrons. The minimum absolute atomic E-state index is 0.213. The molecule has 0 fully saturated rings. The Bertz CT molecular complexity index is 876. The lowest BCUT2D eigenvalue weighted by molar-refractivity contribution is 0.372. The first kappa shape index (κ1) is 28.7. The molecule has 1 aliphatic rings. The van der Waals surface area contributed by atoms with Crippen molar-refractivity contribution in [3.05, 3.63) is 64.7 Å². The maximum absolute atomic E-state index is 2.52. The van der Waals surface area contributed by atoms with E-state index in [0.717, 1.165) is 0 Å². The third-order valence-electron chi connectivity index (χ3n) is 7.73. The number of aryl methyl sites for hydroxylation is 2. The summed E-state index contributed by atoms with van der Waals surface area (Å²) in [7, 11) is 4.34. The molecule has 2 atom stereocenters. The van der Waals surface area contributed by atoms with Crippen molar-refractivity contribution in [1.82, 2.24) is 4.90 Å². The Balaban J connectivity index is 1.43. The van der Waals surface area contributed by atoms with Crippen LogP contribution in [0.3, 0.4) is 0 Å². The lowest BCUT2D eigenvalue weighted by Gasteiger charge is -2.43. The smallest absolute Gasteiger partial charge is 0.0110 e. The van der Waals surface area contributed by atoms with Crippen molar-refractivity contribution < 1.29 is 0 Å². The van der Waals surface area contributed by atoms with Gasteiger partial charge in [0.05, 0.1) is 0 Å². The molecule has 2 aromatic rings. The van der Waals surface area contributed by atoms with Gasteiger partial charge in [0.15, 0.2) is 0 Å². The van der Waals surface area contributed by atoms with Crippen molar-refractivity contribution in [3.8, 4) is 0 Å². The van der Waals surface area contributed by atoms with E-state index in [1.165, 1.54) is 103 Å². The summed E-state index contributed by atoms with van der Waals surface area (Å²) in [5.74, 6) is 4.47. The summed E-state index contributed by atoms with van der Waals surface area (Å²) in [6, 6.07) is 16.6. The van der Waals surface area contributed by atoms with Gasteiger partial charge >= 0.3 is 0 Å². The van der Waals surface area contributed by atoms with Crippen LogP contribution in [-0.2, 0) is 5.41 Å². The van der Waals surface area contributed by atoms with Crippen molar-refractivity contribution in [2.75, 3.05) is 37.9 Å². The highest BCUT2D eigenvalue weighted by atomic mass is 32.2. The molecule has 194 valence electrons. The fourth-order valence-corrected chi connectivity index (χ4v) is 7.86. The Morgan fingerprint density at radius 3 is 2.17 bits per heavy atom. The second-order valence-electron chi connectivity index (χ2n) is 11.2. The number of rotatable bonds is 15. The quantitative estimate of drug-likeness (QED) is 0.219. The van der Waals surface area contributed by atoms with Gasteiger partial charge in [0.1, 0.15) is 0 Å². The summed E-state index contributed by atoms with van der Waals surface area (Å²) >= 11 is 4.22. The van der Waals surface area contributed by atoms with E-state index in [1.807, 2.05) is 0 Å². The number of hydrogen-bond acceptors (Lipinski definition) is 3. The first-order valence-corrected chi connectivity index (χ1v) is 16.1. The summed E-state index contributed by atoms with van der Waals surface area (Å²) in [4.78, 5) is 3.82. The number of fused-ring (bicyclic) bond motifs is 1. The van der Waals surface area contributed by atoms with Crippen LogP contribution in [0, 0.1) is 13.8 Å². The Hall–Kier alpha value is -0.900. The number of hydrogen-bond donors (Lipinski definition) is 0. The van der Waals surface area contributed by atoms with Gasteiger partial charge in [-0.1, -0.05) is 93.0 Å². The predicted molar refractivity (Wildman–Crippen MR) is 161 cm³/mol. The molecule has 0 bridgehead atoms. The van der Waals surface area contributed by atoms with E-state index in [-0.39, 0.29) is 5.41 Å². The van der Waals surface area contributed by atoms with Crippen LogP contribution in [0.1, 0.15) is 92.9 Å². The molecule has 1 aliphatic heterocycles. The van der Waals surface area contributed by atoms with Crippen LogP contribution < -0.4 is 0 Å². The topological polar surface area (TPSA) is 3.24 Å². The normalized spacial score (nSPS) is 19.8. The van der Waals surface area contributed by atoms with E-state index in [9.17, 15) is 0 Å². The van der Waals surface area contributed by atoms with Gasteiger partial charge in [-0.2, -0.15) is 11.8 Å². The zero-order chi connectivity index (χ0) is 25.1. The van der Waals surface area contributed by atoms with Gasteiger partial charge in [-0.05, 0) is 88.4 Å². The zero-order valence-corrected chi connectivity index (χ0v) is 24.7. The predicted octanol–water partition coefficient (Wildman–Crippen LogP) is 9.26. The van der Waals surface area contributed by atoms with Gasteiger partial charge in [0.25, 0.3) is 0 Å². The van der Waals surface area contributed by atoms with Gasteiger partial charge < -0.3 is 4.90 Å². The molecule has 0 spiro atoms. The first-order valence-electron chi connectivity index (χ1n) is 13.9. The lowest BCUT2D eigenvalue weighted by atomic mass is 9.67. The minimum Gasteiger partial charge on any atom is -0.309 e. The summed E-state index contributed by atoms with van der Waals surface area (Å²) < 4.78 is 0. The molecule has 3 rings (SSSR count). The van der Waals surface area contributed by atoms with Crippen LogP contribution in [0.2, 0.25) is 0 Å². The number of benzene rings is 2. The average molecular weight is 512 g/mol. The molecule has 3 heteroatoms. The van der Waals surface area contributed by atoms with Gasteiger partial charge in [-0.25, -0.2) is 0 Å². The molecule has 1 heterocycles. The standard InChI is InChI=1S/C32H49NS2/c1-26-15-18-28(19-16-26)32(3)25-35-31-24-27(2)17-20-29(31)30(32)14-11-9-7-6-8-10-12-22-34-23-13-21-33(4)5/h15-20,24,30H,6-14,21-23,25H2,1-5H3. The van der Waals surface area contributed by atoms with Crippen LogP contribution >= 0.6 is 23.5 Å². The van der Waals surface area contributed by atoms with Gasteiger partial charge in [0, 0.05) is 16.1 Å². The second-order valence-corrected chi connectivity index (χ2v) is 13.4. The SMILES string of the molecule is Cc1ccc(C2(C)CSc3cc(C)ccc3C2CCCCCCCCCSCCCN(C)C)cc1. The van der Waals surface area contributed by atoms with E-state index in [0.29, 0.717) is 5.92 Å². The summed E-state index contributed by atoms with van der Waals surface area (Å²) in [6.07, 6.45) is 12.4. The van der Waals surface area contributed by atoms with Gasteiger partial charge in [0.2, 0.25) is 0 Å². The first-order chi connectivity index (χ1) is 16.9. The molecule has 0 N–H and O–H groups in total. The maximum Gasteiger partial charge on any atom is 0.0110 e. The van der Waals surface area contributed by atoms with Crippen molar-refractivity contribution in [1.29, 1.82) is 0 Å². The van der Waals surface area contributed by atoms with Crippen molar-refractivity contribution in [2.24, 2.45) is 0 Å². The summed E-state index contributed by atoms with van der Waals surface area (Å²) in [5, 5.41) is 0. The molecule has 0 saturated carbocycles. The van der Waals surface area contributed by atoms with Gasteiger partial charge in [-0.15, -0.1) is 11.8 Å². The average Bonchev–Trinajstić information content (AvgIpc) is 2.83. The number of thioether (sulfide) groups is 2. The monoisotopic (exact) mass is 511 g/mol. The van der Waals surface area contributed by atoms with E-state index >= 15 is 0 Å². The molecule has 0 aromatic heterocycles. The molecule has 2 aromatic carbocycles. The number of unbranched alkanes of at least 4 members (excludes halogenated alkanes) is 6. The van der Waals surface area contributed by atoms with Crippen LogP contribution in [-0.4, -0.2) is 42.8 Å². The Kier molecular flexibility index (Phi) is 12.1. The third kappa shape index (κ3) is 8.86. The van der Waals surface area contributed by atoms with E-state index < -0.39 is 0 Å². The summed E-state index contributed by atoms with van der Waals surface area (Å²) in [6.45, 7) is 8.18. The molecular formula is C32H49NS2. The zero-order valence-electron chi connectivity index (χ0n) is 23.1. The van der Waals surface area contributed by atoms with Crippen LogP contribution in [0.4, 0.5) is 0 Å². The van der Waals surface area contributed by atoms with Crippen molar-refractivity contribution in [2.45, 2.75) is 94.8 Å². The summed E-state index contributed by atoms with van der Waals surface area (Å²) in [5.41, 5.74) is 6.08. The van der Waals surface area contributed by atoms with Crippen LogP contribution in [0.15, 0.2) is 47.4 Å². The van der Waals surface area contributed by atoms with Crippen molar-refractivity contribution >= 4 is 23.5 Å². The highest BCUT2D eigenvalue weighted by Crippen LogP contribution is 2.52. The lowest BCUT2D eigenvalue weighted by Crippen LogP contribution is -2.36. The number of nitrogens with zero attached hydrogens (tertiary/aromatic N) is 1.